The van der Waals surface area contributed by atoms with Crippen LogP contribution in [0.1, 0.15) is 24.4 Å². The second-order valence-electron chi connectivity index (χ2n) is 7.53. The van der Waals surface area contributed by atoms with E-state index in [2.05, 4.69) is 10.3 Å². The Hall–Kier alpha value is -3.19. The summed E-state index contributed by atoms with van der Waals surface area (Å²) in [5.74, 6) is -0.0478. The molecule has 0 aliphatic rings. The van der Waals surface area contributed by atoms with Gasteiger partial charge in [-0.15, -0.1) is 0 Å². The van der Waals surface area contributed by atoms with Gasteiger partial charge in [-0.1, -0.05) is 54.6 Å². The smallest absolute Gasteiger partial charge is 0.240 e. The first-order chi connectivity index (χ1) is 14.3. The SMILES string of the molecule is CC(NC(=O)Cn1c(CS(C)(=O)=O)nc2ccccc21)c1cccc2ccccc12. The van der Waals surface area contributed by atoms with Crippen LogP contribution in [0.4, 0.5) is 0 Å². The number of hydrogen-bond acceptors (Lipinski definition) is 4. The molecule has 4 aromatic rings. The van der Waals surface area contributed by atoms with Crippen LogP contribution in [0.3, 0.4) is 0 Å². The van der Waals surface area contributed by atoms with Gasteiger partial charge in [0.05, 0.1) is 17.1 Å². The Morgan fingerprint density at radius 3 is 2.53 bits per heavy atom. The number of carbonyl (C=O) groups excluding carboxylic acids is 1. The zero-order valence-electron chi connectivity index (χ0n) is 16.9. The molecule has 1 unspecified atom stereocenters. The topological polar surface area (TPSA) is 81.1 Å². The first-order valence-corrected chi connectivity index (χ1v) is 11.8. The number of para-hydroxylation sites is 2. The van der Waals surface area contributed by atoms with Gasteiger partial charge in [0.2, 0.25) is 5.91 Å². The lowest BCUT2D eigenvalue weighted by Crippen LogP contribution is -2.31. The maximum absolute atomic E-state index is 12.9. The van der Waals surface area contributed by atoms with Crippen LogP contribution < -0.4 is 5.32 Å². The van der Waals surface area contributed by atoms with Crippen LogP contribution in [-0.2, 0) is 26.9 Å². The normalized spacial score (nSPS) is 12.9. The quantitative estimate of drug-likeness (QED) is 0.516. The summed E-state index contributed by atoms with van der Waals surface area (Å²) in [6.45, 7) is 1.95. The third kappa shape index (κ3) is 4.21. The molecule has 0 aliphatic heterocycles. The molecule has 1 atom stereocenters. The van der Waals surface area contributed by atoms with E-state index < -0.39 is 9.84 Å². The molecule has 1 amide bonds. The minimum atomic E-state index is -3.29. The molecule has 1 heterocycles. The van der Waals surface area contributed by atoms with E-state index in [0.717, 1.165) is 21.9 Å². The highest BCUT2D eigenvalue weighted by atomic mass is 32.2. The molecule has 0 radical (unpaired) electrons. The molecule has 7 heteroatoms. The number of hydrogen-bond donors (Lipinski definition) is 1. The highest BCUT2D eigenvalue weighted by Crippen LogP contribution is 2.24. The highest BCUT2D eigenvalue weighted by molar-refractivity contribution is 7.89. The average Bonchev–Trinajstić information content (AvgIpc) is 3.02. The first-order valence-electron chi connectivity index (χ1n) is 9.71. The summed E-state index contributed by atoms with van der Waals surface area (Å²) < 4.78 is 25.4. The van der Waals surface area contributed by atoms with Crippen molar-refractivity contribution in [2.75, 3.05) is 6.26 Å². The largest absolute Gasteiger partial charge is 0.348 e. The lowest BCUT2D eigenvalue weighted by atomic mass is 10.00. The number of rotatable bonds is 6. The van der Waals surface area contributed by atoms with E-state index in [9.17, 15) is 13.2 Å². The highest BCUT2D eigenvalue weighted by Gasteiger charge is 2.19. The summed E-state index contributed by atoms with van der Waals surface area (Å²) in [5, 5.41) is 5.26. The van der Waals surface area contributed by atoms with Crippen molar-refractivity contribution in [1.82, 2.24) is 14.9 Å². The monoisotopic (exact) mass is 421 g/mol. The maximum Gasteiger partial charge on any atom is 0.240 e. The molecule has 1 N–H and O–H groups in total. The zero-order chi connectivity index (χ0) is 21.3. The van der Waals surface area contributed by atoms with Gasteiger partial charge in [0.1, 0.15) is 18.1 Å². The van der Waals surface area contributed by atoms with Crippen LogP contribution in [0.15, 0.2) is 66.7 Å². The Morgan fingerprint density at radius 1 is 1.03 bits per heavy atom. The number of carbonyl (C=O) groups is 1. The molecule has 6 nitrogen and oxygen atoms in total. The number of nitrogens with zero attached hydrogens (tertiary/aromatic N) is 2. The van der Waals surface area contributed by atoms with Gasteiger partial charge < -0.3 is 9.88 Å². The van der Waals surface area contributed by atoms with Gasteiger partial charge in [0.25, 0.3) is 0 Å². The minimum Gasteiger partial charge on any atom is -0.348 e. The molecule has 1 aromatic heterocycles. The van der Waals surface area contributed by atoms with Gasteiger partial charge in [-0.05, 0) is 35.4 Å². The van der Waals surface area contributed by atoms with Crippen molar-refractivity contribution < 1.29 is 13.2 Å². The lowest BCUT2D eigenvalue weighted by molar-refractivity contribution is -0.122. The second kappa shape index (κ2) is 7.91. The summed E-state index contributed by atoms with van der Waals surface area (Å²) in [6.07, 6.45) is 1.17. The van der Waals surface area contributed by atoms with Crippen LogP contribution in [0.2, 0.25) is 0 Å². The standard InChI is InChI=1S/C23H23N3O3S/c1-16(18-11-7-9-17-8-3-4-10-19(17)18)24-23(27)14-26-21-13-6-5-12-20(21)25-22(26)15-30(2,28)29/h3-13,16H,14-15H2,1-2H3,(H,24,27). The number of amides is 1. The van der Waals surface area contributed by atoms with Crippen LogP contribution in [0, 0.1) is 0 Å². The van der Waals surface area contributed by atoms with Crippen molar-refractivity contribution in [1.29, 1.82) is 0 Å². The number of benzene rings is 3. The third-order valence-corrected chi connectivity index (χ3v) is 5.88. The van der Waals surface area contributed by atoms with Crippen molar-refractivity contribution >= 4 is 37.6 Å². The minimum absolute atomic E-state index is 0.000469. The van der Waals surface area contributed by atoms with Crippen LogP contribution in [-0.4, -0.2) is 30.1 Å². The Morgan fingerprint density at radius 2 is 1.73 bits per heavy atom. The van der Waals surface area contributed by atoms with Crippen molar-refractivity contribution in [2.24, 2.45) is 0 Å². The van der Waals surface area contributed by atoms with Gasteiger partial charge in [-0.2, -0.15) is 0 Å². The van der Waals surface area contributed by atoms with Gasteiger partial charge in [0.15, 0.2) is 9.84 Å². The van der Waals surface area contributed by atoms with E-state index in [0.29, 0.717) is 11.3 Å². The second-order valence-corrected chi connectivity index (χ2v) is 9.67. The van der Waals surface area contributed by atoms with Gasteiger partial charge in [-0.25, -0.2) is 13.4 Å². The molecule has 30 heavy (non-hydrogen) atoms. The maximum atomic E-state index is 12.9. The van der Waals surface area contributed by atoms with E-state index in [1.54, 1.807) is 4.57 Å². The lowest BCUT2D eigenvalue weighted by Gasteiger charge is -2.17. The summed E-state index contributed by atoms with van der Waals surface area (Å²) in [5.41, 5.74) is 2.45. The number of imidazole rings is 1. The molecule has 0 saturated carbocycles. The van der Waals surface area contributed by atoms with E-state index >= 15 is 0 Å². The zero-order valence-corrected chi connectivity index (χ0v) is 17.7. The predicted octanol–water partition coefficient (Wildman–Crippen LogP) is 3.61. The number of aromatic nitrogens is 2. The summed E-state index contributed by atoms with van der Waals surface area (Å²) >= 11 is 0. The fourth-order valence-corrected chi connectivity index (χ4v) is 4.47. The van der Waals surface area contributed by atoms with Crippen molar-refractivity contribution in [3.63, 3.8) is 0 Å². The number of fused-ring (bicyclic) bond motifs is 2. The molecule has 3 aromatic carbocycles. The third-order valence-electron chi connectivity index (χ3n) is 5.09. The summed E-state index contributed by atoms with van der Waals surface area (Å²) in [6, 6.07) is 21.2. The van der Waals surface area contributed by atoms with Crippen molar-refractivity contribution in [3.8, 4) is 0 Å². The Balaban J connectivity index is 1.61. The molecule has 4 rings (SSSR count). The molecule has 154 valence electrons. The fourth-order valence-electron chi connectivity index (χ4n) is 3.78. The van der Waals surface area contributed by atoms with Gasteiger partial charge in [0, 0.05) is 6.26 Å². The van der Waals surface area contributed by atoms with E-state index in [1.165, 1.54) is 6.26 Å². The Labute approximate surface area is 175 Å². The van der Waals surface area contributed by atoms with E-state index in [-0.39, 0.29) is 24.2 Å². The van der Waals surface area contributed by atoms with Gasteiger partial charge >= 0.3 is 0 Å². The molecular formula is C23H23N3O3S. The number of sulfone groups is 1. The summed E-state index contributed by atoms with van der Waals surface area (Å²) in [4.78, 5) is 17.3. The molecule has 0 fully saturated rings. The predicted molar refractivity (Wildman–Crippen MR) is 119 cm³/mol. The molecule has 0 bridgehead atoms. The molecule has 0 saturated heterocycles. The van der Waals surface area contributed by atoms with E-state index in [1.807, 2.05) is 73.7 Å². The van der Waals surface area contributed by atoms with Crippen LogP contribution >= 0.6 is 0 Å². The van der Waals surface area contributed by atoms with Gasteiger partial charge in [-0.3, -0.25) is 4.79 Å². The molecule has 0 aliphatic carbocycles. The van der Waals surface area contributed by atoms with Crippen molar-refractivity contribution in [3.05, 3.63) is 78.1 Å². The van der Waals surface area contributed by atoms with Crippen LogP contribution in [0.25, 0.3) is 21.8 Å². The van der Waals surface area contributed by atoms with Crippen molar-refractivity contribution in [2.45, 2.75) is 25.3 Å². The molecule has 0 spiro atoms. The Kier molecular flexibility index (Phi) is 5.30. The van der Waals surface area contributed by atoms with E-state index in [4.69, 9.17) is 0 Å². The fraction of sp³-hybridized carbons (Fsp3) is 0.217. The van der Waals surface area contributed by atoms with Crippen LogP contribution in [0.5, 0.6) is 0 Å². The summed E-state index contributed by atoms with van der Waals surface area (Å²) in [7, 11) is -3.29. The Bertz CT molecular complexity index is 1340. The molecular weight excluding hydrogens is 398 g/mol. The number of nitrogens with one attached hydrogen (secondary N) is 1. The average molecular weight is 422 g/mol. The first kappa shape index (κ1) is 20.1.